The number of hydrogen-bond donors (Lipinski definition) is 2. The zero-order valence-corrected chi connectivity index (χ0v) is 18.1. The zero-order chi connectivity index (χ0) is 22.1. The molecule has 1 amide bonds. The van der Waals surface area contributed by atoms with E-state index in [9.17, 15) is 9.18 Å². The van der Waals surface area contributed by atoms with Crippen LogP contribution < -0.4 is 10.1 Å². The quantitative estimate of drug-likeness (QED) is 0.632. The fourth-order valence-electron chi connectivity index (χ4n) is 3.77. The second kappa shape index (κ2) is 8.45. The van der Waals surface area contributed by atoms with Crippen molar-refractivity contribution in [2.75, 3.05) is 6.54 Å². The van der Waals surface area contributed by atoms with Gasteiger partial charge < -0.3 is 10.1 Å². The summed E-state index contributed by atoms with van der Waals surface area (Å²) < 4.78 is 20.5. The Bertz CT molecular complexity index is 1130. The molecule has 4 rings (SSSR count). The standard InChI is InChI=1S/C23H26FN5O2/c1-12(2)5-17-9-20(29-28-17)23(30)26-11-18-7-16-6-15(8-19(24)22(16)31-18)21-14(4)25-10-13(3)27-21/h6,8-10,12,18H,5,7,11H2,1-4H3,(H,26,30)(H,28,29). The van der Waals surface area contributed by atoms with Crippen molar-refractivity contribution in [1.82, 2.24) is 25.5 Å². The Hall–Kier alpha value is -3.29. The predicted molar refractivity (Wildman–Crippen MR) is 114 cm³/mol. The number of amides is 1. The third-order valence-electron chi connectivity index (χ3n) is 5.18. The molecule has 1 atom stereocenters. The van der Waals surface area contributed by atoms with Gasteiger partial charge in [-0.05, 0) is 44.4 Å². The van der Waals surface area contributed by atoms with Gasteiger partial charge in [-0.2, -0.15) is 5.10 Å². The van der Waals surface area contributed by atoms with Crippen molar-refractivity contribution in [2.45, 2.75) is 46.6 Å². The number of hydrogen-bond acceptors (Lipinski definition) is 5. The monoisotopic (exact) mass is 423 g/mol. The molecular weight excluding hydrogens is 397 g/mol. The van der Waals surface area contributed by atoms with Gasteiger partial charge in [-0.1, -0.05) is 13.8 Å². The summed E-state index contributed by atoms with van der Waals surface area (Å²) in [5.74, 6) is -0.0105. The Morgan fingerprint density at radius 2 is 2.13 bits per heavy atom. The minimum absolute atomic E-state index is 0.236. The van der Waals surface area contributed by atoms with E-state index in [0.29, 0.717) is 29.3 Å². The van der Waals surface area contributed by atoms with E-state index in [1.165, 1.54) is 6.07 Å². The third kappa shape index (κ3) is 4.57. The molecule has 0 saturated heterocycles. The Kier molecular flexibility index (Phi) is 5.71. The Morgan fingerprint density at radius 3 is 2.90 bits per heavy atom. The Balaban J connectivity index is 1.43. The summed E-state index contributed by atoms with van der Waals surface area (Å²) in [6.45, 7) is 8.17. The molecule has 0 bridgehead atoms. The number of carbonyl (C=O) groups is 1. The van der Waals surface area contributed by atoms with E-state index in [2.05, 4.69) is 39.3 Å². The largest absolute Gasteiger partial charge is 0.485 e. The molecule has 2 aromatic heterocycles. The van der Waals surface area contributed by atoms with E-state index in [-0.39, 0.29) is 24.3 Å². The van der Waals surface area contributed by atoms with Crippen LogP contribution in [0.15, 0.2) is 24.4 Å². The van der Waals surface area contributed by atoms with E-state index >= 15 is 0 Å². The molecule has 1 aromatic carbocycles. The second-order valence-corrected chi connectivity index (χ2v) is 8.42. The molecule has 3 heterocycles. The van der Waals surface area contributed by atoms with E-state index < -0.39 is 5.82 Å². The molecule has 1 aliphatic rings. The highest BCUT2D eigenvalue weighted by molar-refractivity contribution is 5.92. The maximum atomic E-state index is 14.7. The summed E-state index contributed by atoms with van der Waals surface area (Å²) in [6.07, 6.45) is 2.67. The number of rotatable bonds is 6. The first-order valence-corrected chi connectivity index (χ1v) is 10.4. The maximum absolute atomic E-state index is 14.7. The number of aromatic nitrogens is 4. The van der Waals surface area contributed by atoms with Crippen molar-refractivity contribution in [3.8, 4) is 17.0 Å². The molecule has 1 aliphatic heterocycles. The van der Waals surface area contributed by atoms with Crippen LogP contribution in [-0.2, 0) is 12.8 Å². The van der Waals surface area contributed by atoms with E-state index in [0.717, 1.165) is 29.1 Å². The molecule has 3 aromatic rings. The fraction of sp³-hybridized carbons (Fsp3) is 0.391. The molecule has 0 aliphatic carbocycles. The van der Waals surface area contributed by atoms with Crippen LogP contribution in [0.1, 0.15) is 47.0 Å². The average Bonchev–Trinajstić information content (AvgIpc) is 3.34. The molecule has 0 saturated carbocycles. The number of carbonyl (C=O) groups excluding carboxylic acids is 1. The summed E-state index contributed by atoms with van der Waals surface area (Å²) in [5.41, 5.74) is 4.87. The van der Waals surface area contributed by atoms with Crippen molar-refractivity contribution in [2.24, 2.45) is 5.92 Å². The number of fused-ring (bicyclic) bond motifs is 1. The molecule has 0 radical (unpaired) electrons. The minimum atomic E-state index is -0.435. The number of nitrogens with one attached hydrogen (secondary N) is 2. The van der Waals surface area contributed by atoms with Crippen molar-refractivity contribution in [1.29, 1.82) is 0 Å². The summed E-state index contributed by atoms with van der Waals surface area (Å²) in [7, 11) is 0. The molecular formula is C23H26FN5O2. The van der Waals surface area contributed by atoms with E-state index in [1.807, 2.05) is 19.9 Å². The van der Waals surface area contributed by atoms with Crippen molar-refractivity contribution < 1.29 is 13.9 Å². The fourth-order valence-corrected chi connectivity index (χ4v) is 3.77. The van der Waals surface area contributed by atoms with Gasteiger partial charge in [-0.15, -0.1) is 0 Å². The lowest BCUT2D eigenvalue weighted by atomic mass is 10.0. The maximum Gasteiger partial charge on any atom is 0.271 e. The molecule has 8 heteroatoms. The number of aryl methyl sites for hydroxylation is 2. The highest BCUT2D eigenvalue weighted by atomic mass is 19.1. The molecule has 1 unspecified atom stereocenters. The molecule has 162 valence electrons. The molecule has 0 fully saturated rings. The van der Waals surface area contributed by atoms with Crippen LogP contribution in [0.5, 0.6) is 5.75 Å². The van der Waals surface area contributed by atoms with Crippen molar-refractivity contribution in [3.05, 3.63) is 58.6 Å². The van der Waals surface area contributed by atoms with Gasteiger partial charge in [-0.25, -0.2) is 9.37 Å². The van der Waals surface area contributed by atoms with Crippen LogP contribution in [-0.4, -0.2) is 38.7 Å². The van der Waals surface area contributed by atoms with Crippen LogP contribution in [0.4, 0.5) is 4.39 Å². The summed E-state index contributed by atoms with van der Waals surface area (Å²) >= 11 is 0. The predicted octanol–water partition coefficient (Wildman–Crippen LogP) is 3.55. The lowest BCUT2D eigenvalue weighted by Crippen LogP contribution is -2.34. The first-order chi connectivity index (χ1) is 14.8. The molecule has 0 spiro atoms. The molecule has 2 N–H and O–H groups in total. The van der Waals surface area contributed by atoms with Gasteiger partial charge in [0.25, 0.3) is 5.91 Å². The van der Waals surface area contributed by atoms with Crippen LogP contribution in [0.3, 0.4) is 0 Å². The first-order valence-electron chi connectivity index (χ1n) is 10.4. The highest BCUT2D eigenvalue weighted by Crippen LogP contribution is 2.35. The highest BCUT2D eigenvalue weighted by Gasteiger charge is 2.28. The van der Waals surface area contributed by atoms with E-state index in [4.69, 9.17) is 4.74 Å². The lowest BCUT2D eigenvalue weighted by Gasteiger charge is -2.11. The number of halogens is 1. The number of benzene rings is 1. The van der Waals surface area contributed by atoms with Gasteiger partial charge in [0.15, 0.2) is 11.6 Å². The van der Waals surface area contributed by atoms with Crippen LogP contribution >= 0.6 is 0 Å². The topological polar surface area (TPSA) is 92.8 Å². The first kappa shape index (κ1) is 21.0. The number of ether oxygens (including phenoxy) is 1. The zero-order valence-electron chi connectivity index (χ0n) is 18.1. The normalized spacial score (nSPS) is 15.1. The minimum Gasteiger partial charge on any atom is -0.485 e. The van der Waals surface area contributed by atoms with Gasteiger partial charge >= 0.3 is 0 Å². The van der Waals surface area contributed by atoms with Crippen LogP contribution in [0.25, 0.3) is 11.3 Å². The summed E-state index contributed by atoms with van der Waals surface area (Å²) in [4.78, 5) is 21.2. The molecule has 31 heavy (non-hydrogen) atoms. The Labute approximate surface area is 180 Å². The van der Waals surface area contributed by atoms with Gasteiger partial charge in [0.1, 0.15) is 11.8 Å². The summed E-state index contributed by atoms with van der Waals surface area (Å²) in [5, 5.41) is 9.81. The lowest BCUT2D eigenvalue weighted by molar-refractivity contribution is 0.0928. The average molecular weight is 423 g/mol. The smallest absolute Gasteiger partial charge is 0.271 e. The summed E-state index contributed by atoms with van der Waals surface area (Å²) in [6, 6.07) is 5.08. The van der Waals surface area contributed by atoms with E-state index in [1.54, 1.807) is 12.3 Å². The second-order valence-electron chi connectivity index (χ2n) is 8.42. The third-order valence-corrected chi connectivity index (χ3v) is 5.18. The van der Waals surface area contributed by atoms with Gasteiger partial charge in [0.2, 0.25) is 0 Å². The van der Waals surface area contributed by atoms with Crippen LogP contribution in [0, 0.1) is 25.6 Å². The van der Waals surface area contributed by atoms with Crippen molar-refractivity contribution >= 4 is 5.91 Å². The Morgan fingerprint density at radius 1 is 1.32 bits per heavy atom. The number of H-pyrrole nitrogens is 1. The number of nitrogens with zero attached hydrogens (tertiary/aromatic N) is 3. The SMILES string of the molecule is Cc1cnc(C)c(-c2cc(F)c3c(c2)CC(CNC(=O)c2cc(CC(C)C)[nH]n2)O3)n1. The van der Waals surface area contributed by atoms with Crippen LogP contribution in [0.2, 0.25) is 0 Å². The van der Waals surface area contributed by atoms with Gasteiger partial charge in [-0.3, -0.25) is 14.9 Å². The van der Waals surface area contributed by atoms with Gasteiger partial charge in [0, 0.05) is 29.4 Å². The molecule has 7 nitrogen and oxygen atoms in total. The van der Waals surface area contributed by atoms with Gasteiger partial charge in [0.05, 0.1) is 23.6 Å². The van der Waals surface area contributed by atoms with Crippen molar-refractivity contribution in [3.63, 3.8) is 0 Å². The number of aromatic amines is 1.